The molecule has 0 fully saturated rings. The van der Waals surface area contributed by atoms with E-state index < -0.39 is 0 Å². The number of ether oxygens (including phenoxy) is 2. The van der Waals surface area contributed by atoms with Crippen molar-refractivity contribution in [1.29, 1.82) is 0 Å². The Morgan fingerprint density at radius 3 is 2.33 bits per heavy atom. The van der Waals surface area contributed by atoms with E-state index in [1.54, 1.807) is 0 Å². The predicted octanol–water partition coefficient (Wildman–Crippen LogP) is 4.16. The molecule has 0 saturated heterocycles. The average Bonchev–Trinajstić information content (AvgIpc) is 2.48. The van der Waals surface area contributed by atoms with E-state index in [0.717, 1.165) is 30.1 Å². The van der Waals surface area contributed by atoms with Crippen molar-refractivity contribution in [3.05, 3.63) is 54.1 Å². The molecule has 0 amide bonds. The van der Waals surface area contributed by atoms with Gasteiger partial charge in [-0.25, -0.2) is 0 Å². The second-order valence-corrected chi connectivity index (χ2v) is 5.03. The van der Waals surface area contributed by atoms with E-state index in [9.17, 15) is 0 Å². The van der Waals surface area contributed by atoms with Crippen LogP contribution in [0.3, 0.4) is 0 Å². The third-order valence-corrected chi connectivity index (χ3v) is 3.27. The van der Waals surface area contributed by atoms with Crippen LogP contribution in [0.25, 0.3) is 0 Å². The molecule has 0 heterocycles. The second kappa shape index (κ2) is 7.70. The molecule has 0 saturated carbocycles. The van der Waals surface area contributed by atoms with E-state index in [1.807, 2.05) is 49.4 Å². The molecule has 0 aliphatic heterocycles. The van der Waals surface area contributed by atoms with E-state index in [-0.39, 0.29) is 6.04 Å². The van der Waals surface area contributed by atoms with E-state index in [4.69, 9.17) is 15.2 Å². The van der Waals surface area contributed by atoms with E-state index in [1.165, 1.54) is 5.56 Å². The first-order valence-corrected chi connectivity index (χ1v) is 7.46. The van der Waals surface area contributed by atoms with Gasteiger partial charge in [-0.15, -0.1) is 0 Å². The summed E-state index contributed by atoms with van der Waals surface area (Å²) in [4.78, 5) is 0. The highest BCUT2D eigenvalue weighted by molar-refractivity contribution is 5.38. The van der Waals surface area contributed by atoms with Crippen LogP contribution in [0.4, 0.5) is 0 Å². The van der Waals surface area contributed by atoms with Gasteiger partial charge in [-0.05, 0) is 49.6 Å². The number of benzene rings is 2. The zero-order valence-electron chi connectivity index (χ0n) is 12.7. The number of hydrogen-bond acceptors (Lipinski definition) is 3. The Hall–Kier alpha value is -2.00. The zero-order valence-corrected chi connectivity index (χ0v) is 12.7. The van der Waals surface area contributed by atoms with Crippen LogP contribution in [-0.4, -0.2) is 12.6 Å². The zero-order chi connectivity index (χ0) is 15.1. The van der Waals surface area contributed by atoms with Gasteiger partial charge in [0.15, 0.2) is 0 Å². The minimum Gasteiger partial charge on any atom is -0.494 e. The molecule has 21 heavy (non-hydrogen) atoms. The molecule has 3 nitrogen and oxygen atoms in total. The van der Waals surface area contributed by atoms with Crippen LogP contribution in [0, 0.1) is 0 Å². The third kappa shape index (κ3) is 4.80. The van der Waals surface area contributed by atoms with Gasteiger partial charge in [-0.2, -0.15) is 0 Å². The molecule has 0 bridgehead atoms. The Labute approximate surface area is 126 Å². The predicted molar refractivity (Wildman–Crippen MR) is 86.1 cm³/mol. The molecule has 2 N–H and O–H groups in total. The lowest BCUT2D eigenvalue weighted by atomic mass is 10.0. The molecule has 0 aliphatic rings. The maximum atomic E-state index is 6.00. The van der Waals surface area contributed by atoms with Crippen molar-refractivity contribution >= 4 is 0 Å². The van der Waals surface area contributed by atoms with Crippen LogP contribution < -0.4 is 15.2 Å². The van der Waals surface area contributed by atoms with Crippen molar-refractivity contribution in [2.75, 3.05) is 6.61 Å². The van der Waals surface area contributed by atoms with Crippen LogP contribution in [0.5, 0.6) is 17.2 Å². The Morgan fingerprint density at radius 2 is 1.62 bits per heavy atom. The van der Waals surface area contributed by atoms with Crippen LogP contribution in [0.1, 0.15) is 25.8 Å². The summed E-state index contributed by atoms with van der Waals surface area (Å²) in [5, 5.41) is 0. The highest BCUT2D eigenvalue weighted by Gasteiger charge is 2.04. The molecule has 3 heteroatoms. The molecule has 0 aromatic heterocycles. The molecule has 2 aromatic rings. The first kappa shape index (κ1) is 15.4. The monoisotopic (exact) mass is 285 g/mol. The fourth-order valence-electron chi connectivity index (χ4n) is 2.11. The standard InChI is InChI=1S/C18H23NO2/c1-3-15(19)11-14-7-5-9-17(12-14)21-18-10-6-8-16(13-18)20-4-2/h5-10,12-13,15H,3-4,11,19H2,1-2H3. The largest absolute Gasteiger partial charge is 0.494 e. The summed E-state index contributed by atoms with van der Waals surface area (Å²) in [6, 6.07) is 15.9. The van der Waals surface area contributed by atoms with Crippen molar-refractivity contribution in [2.24, 2.45) is 5.73 Å². The Balaban J connectivity index is 2.08. The molecule has 0 radical (unpaired) electrons. The summed E-state index contributed by atoms with van der Waals surface area (Å²) < 4.78 is 11.4. The lowest BCUT2D eigenvalue weighted by Crippen LogP contribution is -2.21. The summed E-state index contributed by atoms with van der Waals surface area (Å²) in [7, 11) is 0. The highest BCUT2D eigenvalue weighted by Crippen LogP contribution is 2.26. The molecule has 1 unspecified atom stereocenters. The molecule has 1 atom stereocenters. The van der Waals surface area contributed by atoms with Crippen LogP contribution in [0.15, 0.2) is 48.5 Å². The Morgan fingerprint density at radius 1 is 0.952 bits per heavy atom. The Bertz CT molecular complexity index is 569. The normalized spacial score (nSPS) is 12.0. The molecule has 2 rings (SSSR count). The smallest absolute Gasteiger partial charge is 0.131 e. The number of nitrogens with two attached hydrogens (primary N) is 1. The molecule has 0 aliphatic carbocycles. The van der Waals surface area contributed by atoms with Gasteiger partial charge in [0.25, 0.3) is 0 Å². The molecule has 0 spiro atoms. The van der Waals surface area contributed by atoms with Gasteiger partial charge < -0.3 is 15.2 Å². The lowest BCUT2D eigenvalue weighted by Gasteiger charge is -2.11. The summed E-state index contributed by atoms with van der Waals surface area (Å²) in [6.07, 6.45) is 1.84. The summed E-state index contributed by atoms with van der Waals surface area (Å²) in [5.41, 5.74) is 7.20. The van der Waals surface area contributed by atoms with Gasteiger partial charge >= 0.3 is 0 Å². The molecule has 112 valence electrons. The van der Waals surface area contributed by atoms with E-state index in [0.29, 0.717) is 6.61 Å². The minimum absolute atomic E-state index is 0.196. The number of rotatable bonds is 7. The maximum absolute atomic E-state index is 6.00. The highest BCUT2D eigenvalue weighted by atomic mass is 16.5. The first-order valence-electron chi connectivity index (χ1n) is 7.46. The fraction of sp³-hybridized carbons (Fsp3) is 0.333. The summed E-state index contributed by atoms with van der Waals surface area (Å²) >= 11 is 0. The van der Waals surface area contributed by atoms with Crippen molar-refractivity contribution in [2.45, 2.75) is 32.7 Å². The van der Waals surface area contributed by atoms with Gasteiger partial charge in [0, 0.05) is 12.1 Å². The van der Waals surface area contributed by atoms with Crippen molar-refractivity contribution < 1.29 is 9.47 Å². The van der Waals surface area contributed by atoms with Gasteiger partial charge in [0.2, 0.25) is 0 Å². The molecular formula is C18H23NO2. The minimum atomic E-state index is 0.196. The van der Waals surface area contributed by atoms with Crippen molar-refractivity contribution in [1.82, 2.24) is 0 Å². The molecule has 2 aromatic carbocycles. The maximum Gasteiger partial charge on any atom is 0.131 e. The van der Waals surface area contributed by atoms with Crippen LogP contribution in [-0.2, 0) is 6.42 Å². The SMILES string of the molecule is CCOc1cccc(Oc2cccc(CC(N)CC)c2)c1. The second-order valence-electron chi connectivity index (χ2n) is 5.03. The van der Waals surface area contributed by atoms with Crippen LogP contribution >= 0.6 is 0 Å². The first-order chi connectivity index (χ1) is 10.2. The third-order valence-electron chi connectivity index (χ3n) is 3.27. The lowest BCUT2D eigenvalue weighted by molar-refractivity contribution is 0.338. The van der Waals surface area contributed by atoms with E-state index in [2.05, 4.69) is 13.0 Å². The molecular weight excluding hydrogens is 262 g/mol. The summed E-state index contributed by atoms with van der Waals surface area (Å²) in [5.74, 6) is 2.42. The van der Waals surface area contributed by atoms with Crippen molar-refractivity contribution in [3.8, 4) is 17.2 Å². The summed E-state index contributed by atoms with van der Waals surface area (Å²) in [6.45, 7) is 4.71. The van der Waals surface area contributed by atoms with Gasteiger partial charge in [-0.1, -0.05) is 25.1 Å². The van der Waals surface area contributed by atoms with Crippen LogP contribution in [0.2, 0.25) is 0 Å². The number of hydrogen-bond donors (Lipinski definition) is 1. The van der Waals surface area contributed by atoms with Gasteiger partial charge in [-0.3, -0.25) is 0 Å². The quantitative estimate of drug-likeness (QED) is 0.831. The van der Waals surface area contributed by atoms with Gasteiger partial charge in [0.05, 0.1) is 6.61 Å². The fourth-order valence-corrected chi connectivity index (χ4v) is 2.11. The van der Waals surface area contributed by atoms with Gasteiger partial charge in [0.1, 0.15) is 17.2 Å². The van der Waals surface area contributed by atoms with E-state index >= 15 is 0 Å². The van der Waals surface area contributed by atoms with Crippen molar-refractivity contribution in [3.63, 3.8) is 0 Å². The Kier molecular flexibility index (Phi) is 5.64. The topological polar surface area (TPSA) is 44.5 Å². The average molecular weight is 285 g/mol.